The van der Waals surface area contributed by atoms with Crippen molar-refractivity contribution >= 4 is 17.5 Å². The van der Waals surface area contributed by atoms with E-state index in [2.05, 4.69) is 10.6 Å². The summed E-state index contributed by atoms with van der Waals surface area (Å²) >= 11 is 0. The number of carbonyl (C=O) groups excluding carboxylic acids is 2. The first-order valence-corrected chi connectivity index (χ1v) is 7.87. The molecule has 0 atom stereocenters. The van der Waals surface area contributed by atoms with E-state index in [0.29, 0.717) is 13.0 Å². The fourth-order valence-electron chi connectivity index (χ4n) is 2.83. The molecule has 5 heteroatoms. The van der Waals surface area contributed by atoms with Crippen LogP contribution in [0.5, 0.6) is 0 Å². The van der Waals surface area contributed by atoms with E-state index in [1.807, 2.05) is 32.0 Å². The molecule has 0 radical (unpaired) electrons. The summed E-state index contributed by atoms with van der Waals surface area (Å²) in [5.41, 5.74) is 2.31. The van der Waals surface area contributed by atoms with Gasteiger partial charge in [0.25, 0.3) is 5.91 Å². The van der Waals surface area contributed by atoms with Crippen molar-refractivity contribution in [1.29, 1.82) is 0 Å². The molecule has 24 heavy (non-hydrogen) atoms. The van der Waals surface area contributed by atoms with Gasteiger partial charge < -0.3 is 10.6 Å². The van der Waals surface area contributed by atoms with Crippen LogP contribution in [0, 0.1) is 5.82 Å². The van der Waals surface area contributed by atoms with E-state index in [4.69, 9.17) is 0 Å². The van der Waals surface area contributed by atoms with Gasteiger partial charge in [-0.1, -0.05) is 24.3 Å². The minimum atomic E-state index is -0.554. The minimum absolute atomic E-state index is 0.0116. The fourth-order valence-corrected chi connectivity index (χ4v) is 2.83. The fraction of sp³-hybridized carbons (Fsp3) is 0.263. The van der Waals surface area contributed by atoms with E-state index in [-0.39, 0.29) is 11.5 Å². The van der Waals surface area contributed by atoms with Gasteiger partial charge in [-0.2, -0.15) is 0 Å². The maximum absolute atomic E-state index is 13.6. The van der Waals surface area contributed by atoms with Crippen LogP contribution in [-0.2, 0) is 16.6 Å². The number of amides is 2. The van der Waals surface area contributed by atoms with E-state index in [1.165, 1.54) is 12.1 Å². The highest BCUT2D eigenvalue weighted by molar-refractivity contribution is 6.05. The van der Waals surface area contributed by atoms with Gasteiger partial charge in [-0.05, 0) is 49.6 Å². The first-order chi connectivity index (χ1) is 11.4. The van der Waals surface area contributed by atoms with Gasteiger partial charge in [-0.25, -0.2) is 4.39 Å². The summed E-state index contributed by atoms with van der Waals surface area (Å²) < 4.78 is 13.6. The Balaban J connectivity index is 1.65. The lowest BCUT2D eigenvalue weighted by Gasteiger charge is -2.16. The monoisotopic (exact) mass is 326 g/mol. The Labute approximate surface area is 140 Å². The Morgan fingerprint density at radius 1 is 1.21 bits per heavy atom. The molecule has 124 valence electrons. The molecule has 0 aromatic heterocycles. The van der Waals surface area contributed by atoms with Gasteiger partial charge in [-0.15, -0.1) is 0 Å². The molecule has 1 aliphatic rings. The summed E-state index contributed by atoms with van der Waals surface area (Å²) in [5.74, 6) is -0.965. The number of halogens is 1. The second kappa shape index (κ2) is 6.07. The van der Waals surface area contributed by atoms with E-state index in [0.717, 1.165) is 16.8 Å². The molecule has 0 spiro atoms. The Morgan fingerprint density at radius 2 is 1.96 bits per heavy atom. The number of anilines is 1. The van der Waals surface area contributed by atoms with Gasteiger partial charge >= 0.3 is 0 Å². The number of carbonyl (C=O) groups is 2. The SMILES string of the molecule is CC1(C)C(=O)Nc2ccc(CCNC(=O)c3ccccc3F)cc21. The molecule has 0 unspecified atom stereocenters. The molecular weight excluding hydrogens is 307 g/mol. The molecule has 3 rings (SSSR count). The van der Waals surface area contributed by atoms with Crippen molar-refractivity contribution in [2.75, 3.05) is 11.9 Å². The molecular formula is C19H19FN2O2. The molecule has 0 saturated heterocycles. The molecule has 0 bridgehead atoms. The molecule has 0 saturated carbocycles. The standard InChI is InChI=1S/C19H19FN2O2/c1-19(2)14-11-12(7-8-16(14)22-18(19)24)9-10-21-17(23)13-5-3-4-6-15(13)20/h3-8,11H,9-10H2,1-2H3,(H,21,23)(H,22,24). The molecule has 2 N–H and O–H groups in total. The Kier molecular flexibility index (Phi) is 4.09. The number of nitrogens with one attached hydrogen (secondary N) is 2. The first kappa shape index (κ1) is 16.2. The summed E-state index contributed by atoms with van der Waals surface area (Å²) in [5, 5.41) is 5.59. The average molecular weight is 326 g/mol. The topological polar surface area (TPSA) is 58.2 Å². The number of fused-ring (bicyclic) bond motifs is 1. The van der Waals surface area contributed by atoms with E-state index >= 15 is 0 Å². The van der Waals surface area contributed by atoms with Crippen molar-refractivity contribution in [2.24, 2.45) is 0 Å². The molecule has 2 aromatic carbocycles. The van der Waals surface area contributed by atoms with Crippen LogP contribution in [-0.4, -0.2) is 18.4 Å². The third-order valence-corrected chi connectivity index (χ3v) is 4.39. The lowest BCUT2D eigenvalue weighted by molar-refractivity contribution is -0.119. The van der Waals surface area contributed by atoms with Crippen LogP contribution in [0.15, 0.2) is 42.5 Å². The quantitative estimate of drug-likeness (QED) is 0.907. The molecule has 2 amide bonds. The predicted molar refractivity (Wildman–Crippen MR) is 90.5 cm³/mol. The summed E-state index contributed by atoms with van der Waals surface area (Å²) in [6.45, 7) is 4.17. The van der Waals surface area contributed by atoms with Gasteiger partial charge in [0.15, 0.2) is 0 Å². The summed E-state index contributed by atoms with van der Waals surface area (Å²) in [4.78, 5) is 23.9. The molecule has 1 aliphatic heterocycles. The zero-order chi connectivity index (χ0) is 17.3. The van der Waals surface area contributed by atoms with Crippen LogP contribution in [0.25, 0.3) is 0 Å². The Hall–Kier alpha value is -2.69. The van der Waals surface area contributed by atoms with Crippen LogP contribution in [0.3, 0.4) is 0 Å². The van der Waals surface area contributed by atoms with Crippen LogP contribution in [0.2, 0.25) is 0 Å². The third-order valence-electron chi connectivity index (χ3n) is 4.39. The number of hydrogen-bond donors (Lipinski definition) is 2. The van der Waals surface area contributed by atoms with Crippen molar-refractivity contribution in [3.63, 3.8) is 0 Å². The summed E-state index contributed by atoms with van der Waals surface area (Å²) in [6, 6.07) is 11.7. The lowest BCUT2D eigenvalue weighted by Crippen LogP contribution is -2.27. The average Bonchev–Trinajstić information content (AvgIpc) is 2.77. The van der Waals surface area contributed by atoms with Gasteiger partial charge in [0.05, 0.1) is 11.0 Å². The zero-order valence-corrected chi connectivity index (χ0v) is 13.7. The minimum Gasteiger partial charge on any atom is -0.352 e. The first-order valence-electron chi connectivity index (χ1n) is 7.87. The number of rotatable bonds is 4. The van der Waals surface area contributed by atoms with Crippen molar-refractivity contribution in [2.45, 2.75) is 25.7 Å². The van der Waals surface area contributed by atoms with Gasteiger partial charge in [-0.3, -0.25) is 9.59 Å². The van der Waals surface area contributed by atoms with Crippen LogP contribution in [0.1, 0.15) is 35.3 Å². The molecule has 4 nitrogen and oxygen atoms in total. The van der Waals surface area contributed by atoms with Crippen molar-refractivity contribution in [3.8, 4) is 0 Å². The predicted octanol–water partition coefficient (Wildman–Crippen LogP) is 3.03. The van der Waals surface area contributed by atoms with E-state index in [9.17, 15) is 14.0 Å². The summed E-state index contributed by atoms with van der Waals surface area (Å²) in [6.07, 6.45) is 0.609. The van der Waals surface area contributed by atoms with Crippen molar-refractivity contribution < 1.29 is 14.0 Å². The highest BCUT2D eigenvalue weighted by Gasteiger charge is 2.38. The number of hydrogen-bond acceptors (Lipinski definition) is 2. The van der Waals surface area contributed by atoms with Gasteiger partial charge in [0.2, 0.25) is 5.91 Å². The maximum atomic E-state index is 13.6. The Morgan fingerprint density at radius 3 is 2.71 bits per heavy atom. The highest BCUT2D eigenvalue weighted by atomic mass is 19.1. The Bertz CT molecular complexity index is 815. The van der Waals surface area contributed by atoms with Crippen molar-refractivity contribution in [3.05, 3.63) is 65.0 Å². The summed E-state index contributed by atoms with van der Waals surface area (Å²) in [7, 11) is 0. The van der Waals surface area contributed by atoms with Crippen LogP contribution >= 0.6 is 0 Å². The van der Waals surface area contributed by atoms with E-state index < -0.39 is 17.1 Å². The normalized spacial score (nSPS) is 14.9. The molecule has 1 heterocycles. The second-order valence-corrected chi connectivity index (χ2v) is 6.44. The van der Waals surface area contributed by atoms with E-state index in [1.54, 1.807) is 12.1 Å². The zero-order valence-electron chi connectivity index (χ0n) is 13.7. The van der Waals surface area contributed by atoms with Crippen molar-refractivity contribution in [1.82, 2.24) is 5.32 Å². The third kappa shape index (κ3) is 2.89. The highest BCUT2D eigenvalue weighted by Crippen LogP contribution is 2.37. The largest absolute Gasteiger partial charge is 0.352 e. The van der Waals surface area contributed by atoms with Crippen LogP contribution < -0.4 is 10.6 Å². The lowest BCUT2D eigenvalue weighted by atomic mass is 9.85. The molecule has 0 aliphatic carbocycles. The number of benzene rings is 2. The van der Waals surface area contributed by atoms with Gasteiger partial charge in [0, 0.05) is 12.2 Å². The smallest absolute Gasteiger partial charge is 0.254 e. The molecule has 0 fully saturated rings. The molecule has 2 aromatic rings. The van der Waals surface area contributed by atoms with Crippen LogP contribution in [0.4, 0.5) is 10.1 Å². The maximum Gasteiger partial charge on any atom is 0.254 e. The van der Waals surface area contributed by atoms with Gasteiger partial charge in [0.1, 0.15) is 5.82 Å². The second-order valence-electron chi connectivity index (χ2n) is 6.44.